The molecule has 2 saturated carbocycles. The molecule has 0 unspecified atom stereocenters. The first kappa shape index (κ1) is 22.2. The Kier molecular flexibility index (Phi) is 7.79. The largest absolute Gasteiger partial charge is 0.489 e. The van der Waals surface area contributed by atoms with Crippen molar-refractivity contribution in [3.8, 4) is 5.75 Å². The van der Waals surface area contributed by atoms with Crippen molar-refractivity contribution in [3.63, 3.8) is 0 Å². The highest BCUT2D eigenvalue weighted by atomic mass is 16.6. The lowest BCUT2D eigenvalue weighted by Crippen LogP contribution is -2.37. The minimum absolute atomic E-state index is 0.0192. The van der Waals surface area contributed by atoms with Gasteiger partial charge in [0.15, 0.2) is 0 Å². The number of hydrogen-bond acceptors (Lipinski definition) is 7. The van der Waals surface area contributed by atoms with E-state index < -0.39 is 0 Å². The molecule has 2 fully saturated rings. The number of rotatable bonds is 8. The van der Waals surface area contributed by atoms with Crippen molar-refractivity contribution < 1.29 is 14.3 Å². The van der Waals surface area contributed by atoms with Crippen molar-refractivity contribution in [2.45, 2.75) is 57.5 Å². The third-order valence-electron chi connectivity index (χ3n) is 6.00. The van der Waals surface area contributed by atoms with Crippen LogP contribution in [-0.4, -0.2) is 54.3 Å². The van der Waals surface area contributed by atoms with Crippen molar-refractivity contribution in [2.24, 2.45) is 17.5 Å². The van der Waals surface area contributed by atoms with Gasteiger partial charge in [-0.25, -0.2) is 10.6 Å². The van der Waals surface area contributed by atoms with Gasteiger partial charge in [0.1, 0.15) is 12.4 Å². The summed E-state index contributed by atoms with van der Waals surface area (Å²) in [5, 5.41) is 1.36. The van der Waals surface area contributed by atoms with Crippen molar-refractivity contribution >= 4 is 11.8 Å². The molecule has 1 aromatic heterocycles. The second kappa shape index (κ2) is 10.5. The summed E-state index contributed by atoms with van der Waals surface area (Å²) in [5.74, 6) is 7.26. The van der Waals surface area contributed by atoms with Gasteiger partial charge in [-0.15, -0.1) is 0 Å². The molecular formula is C22H35N5O3. The molecule has 0 bridgehead atoms. The van der Waals surface area contributed by atoms with E-state index in [-0.39, 0.29) is 18.8 Å². The highest BCUT2D eigenvalue weighted by Gasteiger charge is 2.23. The van der Waals surface area contributed by atoms with Crippen LogP contribution in [0.3, 0.4) is 0 Å². The molecule has 1 heterocycles. The van der Waals surface area contributed by atoms with Gasteiger partial charge in [-0.3, -0.25) is 4.98 Å². The number of likely N-dealkylation sites (N-methyl/N-ethyl adjacent to an activating group) is 1. The molecule has 4 N–H and O–H groups in total. The number of aromatic nitrogens is 1. The van der Waals surface area contributed by atoms with E-state index in [1.54, 1.807) is 25.2 Å². The lowest BCUT2D eigenvalue weighted by molar-refractivity contribution is 0.101. The predicted octanol–water partition coefficient (Wildman–Crippen LogP) is 3.09. The number of hydrogen-bond donors (Lipinski definition) is 2. The molecular weight excluding hydrogens is 382 g/mol. The van der Waals surface area contributed by atoms with Crippen LogP contribution in [0.2, 0.25) is 0 Å². The number of pyridine rings is 1. The lowest BCUT2D eigenvalue weighted by atomic mass is 9.85. The fourth-order valence-electron chi connectivity index (χ4n) is 3.88. The fraction of sp³-hybridized carbons (Fsp3) is 0.636. The maximum atomic E-state index is 12.3. The Morgan fingerprint density at radius 3 is 2.43 bits per heavy atom. The first-order chi connectivity index (χ1) is 14.4. The Bertz CT molecular complexity index is 725. The topological polar surface area (TPSA) is 107 Å². The summed E-state index contributed by atoms with van der Waals surface area (Å²) >= 11 is 0. The molecule has 2 aliphatic rings. The Morgan fingerprint density at radius 2 is 1.87 bits per heavy atom. The van der Waals surface area contributed by atoms with Gasteiger partial charge in [0.2, 0.25) is 0 Å². The second-order valence-electron chi connectivity index (χ2n) is 8.46. The molecule has 2 aliphatic carbocycles. The fourth-order valence-corrected chi connectivity index (χ4v) is 3.88. The van der Waals surface area contributed by atoms with Gasteiger partial charge in [0.25, 0.3) is 0 Å². The average Bonchev–Trinajstić information content (AvgIpc) is 2.71. The lowest BCUT2D eigenvalue weighted by Gasteiger charge is -2.30. The Hall–Kier alpha value is -2.48. The first-order valence-corrected chi connectivity index (χ1v) is 10.9. The number of nitrogens with zero attached hydrogens (tertiary/aromatic N) is 3. The quantitative estimate of drug-likeness (QED) is 0.494. The summed E-state index contributed by atoms with van der Waals surface area (Å²) in [7, 11) is 3.42. The molecule has 0 radical (unpaired) electrons. The van der Waals surface area contributed by atoms with Gasteiger partial charge in [-0.05, 0) is 56.6 Å². The van der Waals surface area contributed by atoms with Crippen molar-refractivity contribution in [2.75, 3.05) is 27.2 Å². The molecule has 8 heteroatoms. The number of ether oxygens (including phenoxy) is 2. The van der Waals surface area contributed by atoms with Crippen LogP contribution in [0.5, 0.6) is 5.75 Å². The molecule has 0 aliphatic heterocycles. The smallest absolute Gasteiger partial charge is 0.409 e. The molecule has 8 nitrogen and oxygen atoms in total. The van der Waals surface area contributed by atoms with Crippen molar-refractivity contribution in [1.82, 2.24) is 14.9 Å². The van der Waals surface area contributed by atoms with Gasteiger partial charge in [-0.1, -0.05) is 12.8 Å². The Morgan fingerprint density at radius 1 is 1.13 bits per heavy atom. The molecule has 1 amide bonds. The molecule has 166 valence electrons. The highest BCUT2D eigenvalue weighted by molar-refractivity contribution is 5.68. The first-order valence-electron chi connectivity index (χ1n) is 10.9. The number of nitrogens with two attached hydrogens (primary N) is 2. The summed E-state index contributed by atoms with van der Waals surface area (Å²) < 4.78 is 11.5. The van der Waals surface area contributed by atoms with Crippen molar-refractivity contribution in [1.29, 1.82) is 0 Å². The van der Waals surface area contributed by atoms with E-state index in [1.165, 1.54) is 43.5 Å². The van der Waals surface area contributed by atoms with E-state index in [2.05, 4.69) is 4.98 Å². The van der Waals surface area contributed by atoms with Crippen LogP contribution in [0.25, 0.3) is 5.70 Å². The van der Waals surface area contributed by atoms with Crippen LogP contribution in [-0.2, 0) is 4.74 Å². The second-order valence-corrected chi connectivity index (χ2v) is 8.46. The zero-order valence-electron chi connectivity index (χ0n) is 18.2. The van der Waals surface area contributed by atoms with E-state index >= 15 is 0 Å². The van der Waals surface area contributed by atoms with Gasteiger partial charge in [0.05, 0.1) is 29.4 Å². The van der Waals surface area contributed by atoms with Crippen LogP contribution in [0.15, 0.2) is 24.0 Å². The molecule has 0 aromatic carbocycles. The van der Waals surface area contributed by atoms with Crippen LogP contribution < -0.4 is 16.3 Å². The molecule has 30 heavy (non-hydrogen) atoms. The van der Waals surface area contributed by atoms with Crippen molar-refractivity contribution in [3.05, 3.63) is 29.7 Å². The number of carbonyl (C=O) groups is 1. The van der Waals surface area contributed by atoms with E-state index in [0.717, 1.165) is 25.1 Å². The van der Waals surface area contributed by atoms with E-state index in [4.69, 9.17) is 21.1 Å². The zero-order chi connectivity index (χ0) is 21.5. The summed E-state index contributed by atoms with van der Waals surface area (Å²) in [6, 6.07) is 3.68. The van der Waals surface area contributed by atoms with E-state index in [1.807, 2.05) is 12.1 Å². The predicted molar refractivity (Wildman–Crippen MR) is 116 cm³/mol. The minimum atomic E-state index is -0.377. The van der Waals surface area contributed by atoms with Crippen LogP contribution in [0, 0.1) is 5.92 Å². The monoisotopic (exact) mass is 417 g/mol. The summed E-state index contributed by atoms with van der Waals surface area (Å²) in [6.45, 7) is 0.699. The molecule has 0 saturated heterocycles. The zero-order valence-corrected chi connectivity index (χ0v) is 18.2. The van der Waals surface area contributed by atoms with Crippen LogP contribution >= 0.6 is 0 Å². The summed E-state index contributed by atoms with van der Waals surface area (Å²) in [6.07, 6.45) is 11.1. The average molecular weight is 418 g/mol. The van der Waals surface area contributed by atoms with E-state index in [9.17, 15) is 4.79 Å². The Labute approximate surface area is 179 Å². The number of carbonyl (C=O) groups excluding carboxylic acids is 1. The molecule has 0 spiro atoms. The van der Waals surface area contributed by atoms with Crippen LogP contribution in [0.4, 0.5) is 4.79 Å². The molecule has 3 rings (SSSR count). The summed E-state index contributed by atoms with van der Waals surface area (Å²) in [5.41, 5.74) is 7.73. The molecule has 1 aromatic rings. The van der Waals surface area contributed by atoms with Gasteiger partial charge >= 0.3 is 6.09 Å². The van der Waals surface area contributed by atoms with Gasteiger partial charge < -0.3 is 25.1 Å². The van der Waals surface area contributed by atoms with Crippen LogP contribution in [0.1, 0.15) is 57.1 Å². The summed E-state index contributed by atoms with van der Waals surface area (Å²) in [4.78, 5) is 18.3. The minimum Gasteiger partial charge on any atom is -0.489 e. The Balaban J connectivity index is 1.59. The standard InChI is InChI=1S/C22H35N5O3/c1-26(14-16-7-6-8-16)22(28)29-15-20(27(2)24)21(23)19-12-11-18(13-25-19)30-17-9-4-3-5-10-17/h11-13,16-17H,3-10,14-15,23-24H2,1-2H3/b21-20-. The SMILES string of the molecule is CN(CC1CCC1)C(=O)OC/C(=C(/N)c1ccc(OC2CCCCC2)cn1)N(C)N. The number of hydrazine groups is 1. The normalized spacial score (nSPS) is 18.2. The van der Waals surface area contributed by atoms with Gasteiger partial charge in [-0.2, -0.15) is 0 Å². The maximum absolute atomic E-state index is 12.3. The van der Waals surface area contributed by atoms with E-state index in [0.29, 0.717) is 23.0 Å². The third kappa shape index (κ3) is 6.01. The third-order valence-corrected chi connectivity index (χ3v) is 6.00. The number of amides is 1. The van der Waals surface area contributed by atoms with Gasteiger partial charge in [0, 0.05) is 20.6 Å². The maximum Gasteiger partial charge on any atom is 0.409 e. The highest BCUT2D eigenvalue weighted by Crippen LogP contribution is 2.27. The molecule has 0 atom stereocenters.